The summed E-state index contributed by atoms with van der Waals surface area (Å²) in [6.07, 6.45) is 6.90. The van der Waals surface area contributed by atoms with Crippen LogP contribution in [0, 0.1) is 22.2 Å². The zero-order valence-corrected chi connectivity index (χ0v) is 14.6. The molecule has 0 saturated heterocycles. The van der Waals surface area contributed by atoms with Gasteiger partial charge in [0.1, 0.15) is 0 Å². The standard InChI is InChI=1S/C18H38/c1-16(2,3)13-11-10-12-15(18(7,8)9)14-17(4,5)6/h15H,10-14H2,1-9H3. The Balaban J connectivity index is 4.20. The van der Waals surface area contributed by atoms with E-state index in [1.165, 1.54) is 32.1 Å². The minimum atomic E-state index is 0.453. The molecule has 18 heavy (non-hydrogen) atoms. The molecule has 0 aromatic heterocycles. The Kier molecular flexibility index (Phi) is 6.44. The molecule has 1 atom stereocenters. The molecule has 0 heteroatoms. The van der Waals surface area contributed by atoms with E-state index in [1.807, 2.05) is 0 Å². The molecule has 0 aromatic carbocycles. The van der Waals surface area contributed by atoms with Crippen LogP contribution in [0.15, 0.2) is 0 Å². The van der Waals surface area contributed by atoms with Gasteiger partial charge < -0.3 is 0 Å². The molecule has 0 saturated carbocycles. The summed E-state index contributed by atoms with van der Waals surface area (Å²) < 4.78 is 0. The largest absolute Gasteiger partial charge is 0.0602 e. The van der Waals surface area contributed by atoms with Crippen molar-refractivity contribution in [2.45, 2.75) is 94.4 Å². The van der Waals surface area contributed by atoms with Crippen molar-refractivity contribution in [3.63, 3.8) is 0 Å². The molecule has 110 valence electrons. The molecule has 0 spiro atoms. The van der Waals surface area contributed by atoms with E-state index in [1.54, 1.807) is 0 Å². The Labute approximate surface area is 117 Å². The Morgan fingerprint density at radius 3 is 1.50 bits per heavy atom. The second kappa shape index (κ2) is 6.44. The van der Waals surface area contributed by atoms with Crippen molar-refractivity contribution in [1.82, 2.24) is 0 Å². The molecule has 0 aliphatic heterocycles. The summed E-state index contributed by atoms with van der Waals surface area (Å²) in [5, 5.41) is 0. The Bertz CT molecular complexity index is 216. The summed E-state index contributed by atoms with van der Waals surface area (Å²) in [5.41, 5.74) is 1.41. The van der Waals surface area contributed by atoms with Gasteiger partial charge in [-0.25, -0.2) is 0 Å². The maximum atomic E-state index is 2.41. The quantitative estimate of drug-likeness (QED) is 0.479. The van der Waals surface area contributed by atoms with Crippen molar-refractivity contribution >= 4 is 0 Å². The van der Waals surface area contributed by atoms with Gasteiger partial charge in [0.25, 0.3) is 0 Å². The predicted molar refractivity (Wildman–Crippen MR) is 84.9 cm³/mol. The molecule has 0 aliphatic rings. The lowest BCUT2D eigenvalue weighted by atomic mass is 9.70. The van der Waals surface area contributed by atoms with Gasteiger partial charge in [0.15, 0.2) is 0 Å². The van der Waals surface area contributed by atoms with Gasteiger partial charge >= 0.3 is 0 Å². The van der Waals surface area contributed by atoms with Gasteiger partial charge in [-0.2, -0.15) is 0 Å². The van der Waals surface area contributed by atoms with Gasteiger partial charge in [0.05, 0.1) is 0 Å². The maximum absolute atomic E-state index is 2.41. The fraction of sp³-hybridized carbons (Fsp3) is 1.00. The lowest BCUT2D eigenvalue weighted by Crippen LogP contribution is -2.25. The van der Waals surface area contributed by atoms with Gasteiger partial charge in [-0.05, 0) is 41.4 Å². The molecule has 0 radical (unpaired) electrons. The van der Waals surface area contributed by atoms with Crippen molar-refractivity contribution in [2.24, 2.45) is 22.2 Å². The molecule has 0 N–H and O–H groups in total. The molecule has 0 rings (SSSR count). The van der Waals surface area contributed by atoms with E-state index in [0.29, 0.717) is 16.2 Å². The van der Waals surface area contributed by atoms with Crippen LogP contribution in [0.5, 0.6) is 0 Å². The normalized spacial score (nSPS) is 15.8. The van der Waals surface area contributed by atoms with E-state index in [2.05, 4.69) is 62.3 Å². The molecule has 0 heterocycles. The molecular formula is C18H38. The summed E-state index contributed by atoms with van der Waals surface area (Å²) in [5.74, 6) is 0.859. The van der Waals surface area contributed by atoms with Gasteiger partial charge in [0, 0.05) is 0 Å². The highest BCUT2D eigenvalue weighted by Gasteiger charge is 2.28. The van der Waals surface area contributed by atoms with Crippen molar-refractivity contribution < 1.29 is 0 Å². The minimum absolute atomic E-state index is 0.453. The second-order valence-corrected chi connectivity index (χ2v) is 9.63. The minimum Gasteiger partial charge on any atom is -0.0602 e. The van der Waals surface area contributed by atoms with Gasteiger partial charge in [-0.1, -0.05) is 75.2 Å². The highest BCUT2D eigenvalue weighted by atomic mass is 14.3. The van der Waals surface area contributed by atoms with E-state index in [9.17, 15) is 0 Å². The van der Waals surface area contributed by atoms with Crippen molar-refractivity contribution in [2.75, 3.05) is 0 Å². The summed E-state index contributed by atoms with van der Waals surface area (Å²) in [6.45, 7) is 21.4. The van der Waals surface area contributed by atoms with Crippen LogP contribution in [0.4, 0.5) is 0 Å². The first kappa shape index (κ1) is 18.0. The average Bonchev–Trinajstić information content (AvgIpc) is 2.04. The van der Waals surface area contributed by atoms with Crippen LogP contribution in [0.1, 0.15) is 94.4 Å². The topological polar surface area (TPSA) is 0 Å². The third-order valence-electron chi connectivity index (χ3n) is 3.81. The number of rotatable bonds is 5. The Morgan fingerprint density at radius 1 is 0.667 bits per heavy atom. The van der Waals surface area contributed by atoms with Gasteiger partial charge in [0.2, 0.25) is 0 Å². The molecule has 0 nitrogen and oxygen atoms in total. The van der Waals surface area contributed by atoms with Gasteiger partial charge in [-0.3, -0.25) is 0 Å². The average molecular weight is 255 g/mol. The summed E-state index contributed by atoms with van der Waals surface area (Å²) in [7, 11) is 0. The van der Waals surface area contributed by atoms with Crippen molar-refractivity contribution in [3.05, 3.63) is 0 Å². The van der Waals surface area contributed by atoms with E-state index < -0.39 is 0 Å². The van der Waals surface area contributed by atoms with Gasteiger partial charge in [-0.15, -0.1) is 0 Å². The Morgan fingerprint density at radius 2 is 1.17 bits per heavy atom. The monoisotopic (exact) mass is 254 g/mol. The fourth-order valence-electron chi connectivity index (χ4n) is 2.63. The van der Waals surface area contributed by atoms with E-state index in [-0.39, 0.29) is 0 Å². The van der Waals surface area contributed by atoms with E-state index in [0.717, 1.165) is 5.92 Å². The lowest BCUT2D eigenvalue weighted by molar-refractivity contribution is 0.150. The second-order valence-electron chi connectivity index (χ2n) is 9.63. The molecule has 0 aliphatic carbocycles. The lowest BCUT2D eigenvalue weighted by Gasteiger charge is -2.36. The van der Waals surface area contributed by atoms with Crippen molar-refractivity contribution in [1.29, 1.82) is 0 Å². The first-order chi connectivity index (χ1) is 7.81. The molecule has 0 fully saturated rings. The molecule has 0 amide bonds. The number of hydrogen-bond donors (Lipinski definition) is 0. The van der Waals surface area contributed by atoms with Crippen LogP contribution in [0.3, 0.4) is 0 Å². The molecular weight excluding hydrogens is 216 g/mol. The maximum Gasteiger partial charge on any atom is -0.0354 e. The van der Waals surface area contributed by atoms with Crippen LogP contribution < -0.4 is 0 Å². The summed E-state index contributed by atoms with van der Waals surface area (Å²) >= 11 is 0. The van der Waals surface area contributed by atoms with E-state index >= 15 is 0 Å². The number of hydrogen-bond acceptors (Lipinski definition) is 0. The third kappa shape index (κ3) is 9.97. The highest BCUT2D eigenvalue weighted by molar-refractivity contribution is 4.79. The number of unbranched alkanes of at least 4 members (excludes halogenated alkanes) is 1. The zero-order valence-electron chi connectivity index (χ0n) is 14.6. The van der Waals surface area contributed by atoms with Crippen LogP contribution in [0.2, 0.25) is 0 Å². The smallest absolute Gasteiger partial charge is 0.0354 e. The third-order valence-corrected chi connectivity index (χ3v) is 3.81. The van der Waals surface area contributed by atoms with Crippen LogP contribution >= 0.6 is 0 Å². The first-order valence-electron chi connectivity index (χ1n) is 7.81. The van der Waals surface area contributed by atoms with Crippen LogP contribution in [0.25, 0.3) is 0 Å². The van der Waals surface area contributed by atoms with Crippen LogP contribution in [-0.2, 0) is 0 Å². The molecule has 0 aromatic rings. The fourth-order valence-corrected chi connectivity index (χ4v) is 2.63. The van der Waals surface area contributed by atoms with Crippen LogP contribution in [-0.4, -0.2) is 0 Å². The zero-order chi connectivity index (χ0) is 14.6. The predicted octanol–water partition coefficient (Wildman–Crippen LogP) is 6.69. The molecule has 1 unspecified atom stereocenters. The Hall–Kier alpha value is 0. The highest BCUT2D eigenvalue weighted by Crippen LogP contribution is 2.39. The summed E-state index contributed by atoms with van der Waals surface area (Å²) in [4.78, 5) is 0. The SMILES string of the molecule is CC(C)(C)CCCCC(CC(C)(C)C)C(C)(C)C. The first-order valence-corrected chi connectivity index (χ1v) is 7.81. The van der Waals surface area contributed by atoms with Crippen molar-refractivity contribution in [3.8, 4) is 0 Å². The summed E-state index contributed by atoms with van der Waals surface area (Å²) in [6, 6.07) is 0. The van der Waals surface area contributed by atoms with E-state index in [4.69, 9.17) is 0 Å². The molecule has 0 bridgehead atoms.